The summed E-state index contributed by atoms with van der Waals surface area (Å²) in [6.45, 7) is 20.9. The average molecular weight is 867 g/mol. The molecule has 0 fully saturated rings. The van der Waals surface area contributed by atoms with Gasteiger partial charge in [-0.3, -0.25) is 4.18 Å². The third-order valence-corrected chi connectivity index (χ3v) is 10.3. The number of rotatable bonds is 12. The number of aromatic nitrogens is 4. The number of benzene rings is 4. The molecule has 0 saturated carbocycles. The molecule has 0 saturated heterocycles. The van der Waals surface area contributed by atoms with Gasteiger partial charge in [-0.2, -0.15) is 18.9 Å². The van der Waals surface area contributed by atoms with Gasteiger partial charge in [0.25, 0.3) is 0 Å². The largest absolute Gasteiger partial charge is 0.418 e. The number of nitrogens with one attached hydrogen (secondary N) is 2. The van der Waals surface area contributed by atoms with Gasteiger partial charge < -0.3 is 24.6 Å². The molecule has 6 rings (SSSR count). The van der Waals surface area contributed by atoms with Crippen molar-refractivity contribution < 1.29 is 26.5 Å². The fourth-order valence-electron chi connectivity index (χ4n) is 5.53. The molecule has 0 aliphatic rings. The molecule has 0 spiro atoms. The van der Waals surface area contributed by atoms with Gasteiger partial charge in [-0.1, -0.05) is 35.3 Å². The lowest BCUT2D eigenvalue weighted by Crippen LogP contribution is -2.31. The fourth-order valence-corrected chi connectivity index (χ4v) is 6.47. The number of anilines is 2. The maximum absolute atomic E-state index is 11.5. The van der Waals surface area contributed by atoms with Crippen LogP contribution >= 0.6 is 23.2 Å². The van der Waals surface area contributed by atoms with E-state index < -0.39 is 34.6 Å². The van der Waals surface area contributed by atoms with Crippen LogP contribution < -0.4 is 15.8 Å². The molecule has 2 heterocycles. The van der Waals surface area contributed by atoms with Crippen molar-refractivity contribution in [1.82, 2.24) is 20.4 Å². The molecule has 5 N–H and O–H groups in total. The lowest BCUT2D eigenvalue weighted by molar-refractivity contribution is 0.159. The van der Waals surface area contributed by atoms with Crippen molar-refractivity contribution in [1.29, 1.82) is 10.5 Å². The van der Waals surface area contributed by atoms with Crippen molar-refractivity contribution in [3.63, 3.8) is 0 Å². The summed E-state index contributed by atoms with van der Waals surface area (Å²) in [5, 5.41) is 56.1. The molecule has 6 aromatic rings. The smallest absolute Gasteiger partial charge is 0.333 e. The number of halogens is 2. The predicted molar refractivity (Wildman–Crippen MR) is 222 cm³/mol. The quantitative estimate of drug-likeness (QED) is 0.0842. The van der Waals surface area contributed by atoms with Gasteiger partial charge in [-0.05, 0) is 99.5 Å². The monoisotopic (exact) mass is 865 g/mol. The zero-order valence-corrected chi connectivity index (χ0v) is 34.4. The third-order valence-electron chi connectivity index (χ3n) is 8.77. The Morgan fingerprint density at radius 3 is 1.50 bits per heavy atom. The summed E-state index contributed by atoms with van der Waals surface area (Å²) in [6, 6.07) is 22.2. The Kier molecular flexibility index (Phi) is 14.2. The second-order valence-electron chi connectivity index (χ2n) is 12.9. The van der Waals surface area contributed by atoms with Crippen molar-refractivity contribution in [2.45, 2.75) is 52.0 Å². The van der Waals surface area contributed by atoms with Gasteiger partial charge in [0.05, 0.1) is 52.6 Å². The van der Waals surface area contributed by atoms with Crippen LogP contribution in [0.15, 0.2) is 81.6 Å². The van der Waals surface area contributed by atoms with E-state index >= 15 is 0 Å². The highest BCUT2D eigenvalue weighted by molar-refractivity contribution is 7.84. The zero-order valence-electron chi connectivity index (χ0n) is 32.0. The molecular weight excluding hydrogens is 833 g/mol. The Hall–Kier alpha value is -6.87. The SMILES string of the molecule is [C-]#[N+]c1ccc(N[C@@H](c2nnc(-c3ccc(C#N)cc3)o2)[C@H](C)O)c(C)c1Cl.[C-]#[N+]c1ccc(N[C@@H](c2nnc(-c3ccc(C#N)cc3)o2)[C@H](C)OS(N)(=O)=O)c(C)c1Cl. The van der Waals surface area contributed by atoms with E-state index in [1.165, 1.54) is 13.0 Å². The number of hydrogen-bond acceptors (Lipinski definition) is 14. The van der Waals surface area contributed by atoms with E-state index in [4.69, 9.17) is 65.0 Å². The van der Waals surface area contributed by atoms with Crippen LogP contribution in [-0.4, -0.2) is 46.1 Å². The molecule has 0 radical (unpaired) electrons. The molecule has 304 valence electrons. The van der Waals surface area contributed by atoms with Crippen LogP contribution in [0.4, 0.5) is 22.7 Å². The topological polar surface area (TPSA) is 248 Å². The normalized spacial score (nSPS) is 12.9. The minimum atomic E-state index is -4.28. The van der Waals surface area contributed by atoms with Crippen molar-refractivity contribution in [2.24, 2.45) is 5.14 Å². The fraction of sp³-hybridized carbons (Fsp3) is 0.200. The predicted octanol–water partition coefficient (Wildman–Crippen LogP) is 8.54. The summed E-state index contributed by atoms with van der Waals surface area (Å²) in [4.78, 5) is 6.72. The van der Waals surface area contributed by atoms with E-state index in [9.17, 15) is 13.5 Å². The minimum Gasteiger partial charge on any atom is -0.418 e. The van der Waals surface area contributed by atoms with Crippen LogP contribution in [0.3, 0.4) is 0 Å². The van der Waals surface area contributed by atoms with E-state index in [0.29, 0.717) is 55.5 Å². The molecule has 0 unspecified atom stereocenters. The Morgan fingerprint density at radius 1 is 0.733 bits per heavy atom. The Balaban J connectivity index is 0.000000230. The second kappa shape index (κ2) is 19.3. The number of aliphatic hydroxyl groups is 1. The van der Waals surface area contributed by atoms with Crippen LogP contribution in [0.5, 0.6) is 0 Å². The first-order valence-electron chi connectivity index (χ1n) is 17.5. The summed E-state index contributed by atoms with van der Waals surface area (Å²) < 4.78 is 39.4. The molecule has 4 aromatic carbocycles. The molecular formula is C40H33Cl2N11O6S. The molecule has 17 nitrogen and oxygen atoms in total. The van der Waals surface area contributed by atoms with E-state index in [-0.39, 0.29) is 34.3 Å². The van der Waals surface area contributed by atoms with Crippen molar-refractivity contribution >= 4 is 56.3 Å². The highest BCUT2D eigenvalue weighted by atomic mass is 35.5. The summed E-state index contributed by atoms with van der Waals surface area (Å²) in [5.74, 6) is 0.687. The lowest BCUT2D eigenvalue weighted by Gasteiger charge is -2.23. The highest BCUT2D eigenvalue weighted by Crippen LogP contribution is 2.37. The second-order valence-corrected chi connectivity index (χ2v) is 14.8. The molecule has 2 aromatic heterocycles. The van der Waals surface area contributed by atoms with Crippen LogP contribution in [0, 0.1) is 49.7 Å². The molecule has 4 atom stereocenters. The third kappa shape index (κ3) is 10.6. The minimum absolute atomic E-state index is 0.0327. The zero-order chi connectivity index (χ0) is 43.7. The van der Waals surface area contributed by atoms with Gasteiger partial charge in [0.15, 0.2) is 0 Å². The number of nitrogens with two attached hydrogens (primary N) is 1. The molecule has 20 heteroatoms. The number of aliphatic hydroxyl groups excluding tert-OH is 1. The molecule has 60 heavy (non-hydrogen) atoms. The molecule has 0 aliphatic carbocycles. The van der Waals surface area contributed by atoms with Gasteiger partial charge in [0.1, 0.15) is 18.2 Å². The summed E-state index contributed by atoms with van der Waals surface area (Å²) in [6.07, 6.45) is -1.88. The molecule has 0 bridgehead atoms. The van der Waals surface area contributed by atoms with Crippen LogP contribution in [0.25, 0.3) is 32.6 Å². The Morgan fingerprint density at radius 2 is 1.13 bits per heavy atom. The van der Waals surface area contributed by atoms with Crippen LogP contribution in [0.2, 0.25) is 10.0 Å². The summed E-state index contributed by atoms with van der Waals surface area (Å²) >= 11 is 12.5. The number of nitrogens with zero attached hydrogens (tertiary/aromatic N) is 8. The van der Waals surface area contributed by atoms with E-state index in [2.05, 4.69) is 46.8 Å². The van der Waals surface area contributed by atoms with Crippen molar-refractivity contribution in [3.05, 3.63) is 140 Å². The molecule has 0 amide bonds. The first kappa shape index (κ1) is 44.2. The van der Waals surface area contributed by atoms with E-state index in [1.807, 2.05) is 6.07 Å². The highest BCUT2D eigenvalue weighted by Gasteiger charge is 2.30. The van der Waals surface area contributed by atoms with Gasteiger partial charge >= 0.3 is 10.3 Å². The van der Waals surface area contributed by atoms with Crippen LogP contribution in [0.1, 0.15) is 60.0 Å². The first-order valence-corrected chi connectivity index (χ1v) is 19.7. The van der Waals surface area contributed by atoms with Gasteiger partial charge in [-0.25, -0.2) is 14.8 Å². The summed E-state index contributed by atoms with van der Waals surface area (Å²) in [5.41, 5.74) is 5.30. The summed E-state index contributed by atoms with van der Waals surface area (Å²) in [7, 11) is -4.28. The standard InChI is InChI=1S/C20H17ClN6O4S.C20H16ClN5O2/c1-11-15(8-9-16(24-3)17(11)21)25-18(12(2)31-32(23,28)29)20-27-26-19(30-20)14-6-4-13(10-22)5-7-14;1-11-15(8-9-16(23-3)17(11)21)24-18(12(2)27)20-26-25-19(28-20)14-6-4-13(10-22)5-7-14/h4-9,12,18,25H,1-2H3,(H2,23,28,29);4-9,12,18,24,27H,1-2H3/t2*12-,18+/m00/s1. The average Bonchev–Trinajstić information content (AvgIpc) is 3.93. The van der Waals surface area contributed by atoms with E-state index in [1.54, 1.807) is 87.5 Å². The maximum atomic E-state index is 11.5. The van der Waals surface area contributed by atoms with Crippen molar-refractivity contribution in [2.75, 3.05) is 10.6 Å². The maximum Gasteiger partial charge on any atom is 0.333 e. The Bertz CT molecular complexity index is 2780. The number of nitriles is 2. The van der Waals surface area contributed by atoms with Gasteiger partial charge in [0.2, 0.25) is 34.9 Å². The first-order chi connectivity index (χ1) is 28.6. The van der Waals surface area contributed by atoms with E-state index in [0.717, 1.165) is 0 Å². The van der Waals surface area contributed by atoms with Crippen LogP contribution in [-0.2, 0) is 14.5 Å². The number of hydrogen-bond donors (Lipinski definition) is 4. The lowest BCUT2D eigenvalue weighted by atomic mass is 10.1. The molecule has 0 aliphatic heterocycles. The Labute approximate surface area is 354 Å². The van der Waals surface area contributed by atoms with Gasteiger partial charge in [0, 0.05) is 22.5 Å². The van der Waals surface area contributed by atoms with Gasteiger partial charge in [-0.15, -0.1) is 20.4 Å². The van der Waals surface area contributed by atoms with Crippen molar-refractivity contribution in [3.8, 4) is 35.0 Å².